The summed E-state index contributed by atoms with van der Waals surface area (Å²) in [7, 11) is 0. The molecule has 0 aliphatic heterocycles. The molecule has 0 fully saturated rings. The maximum absolute atomic E-state index is 11.1. The second-order valence-corrected chi connectivity index (χ2v) is 4.48. The number of benzene rings is 1. The van der Waals surface area contributed by atoms with Crippen LogP contribution in [-0.2, 0) is 10.2 Å². The summed E-state index contributed by atoms with van der Waals surface area (Å²) in [4.78, 5) is 18.7. The van der Waals surface area contributed by atoms with Gasteiger partial charge in [-0.15, -0.1) is 0 Å². The van der Waals surface area contributed by atoms with E-state index in [4.69, 9.17) is 22.3 Å². The molecule has 0 atom stereocenters. The van der Waals surface area contributed by atoms with Crippen molar-refractivity contribution < 1.29 is 9.90 Å². The van der Waals surface area contributed by atoms with Crippen LogP contribution < -0.4 is 17.2 Å². The van der Waals surface area contributed by atoms with Crippen LogP contribution in [0, 0.1) is 0 Å². The summed E-state index contributed by atoms with van der Waals surface area (Å²) in [5.41, 5.74) is 16.0. The van der Waals surface area contributed by atoms with Crippen molar-refractivity contribution in [2.45, 2.75) is 19.3 Å². The van der Waals surface area contributed by atoms with E-state index in [0.717, 1.165) is 0 Å². The van der Waals surface area contributed by atoms with E-state index in [-0.39, 0.29) is 11.9 Å². The number of hydrogen-bond donors (Lipinski definition) is 4. The summed E-state index contributed by atoms with van der Waals surface area (Å²) >= 11 is 0. The van der Waals surface area contributed by atoms with Crippen molar-refractivity contribution in [2.75, 3.05) is 0 Å². The minimum absolute atomic E-state index is 0.0646. The predicted octanol–water partition coefficient (Wildman–Crippen LogP) is 0.268. The predicted molar refractivity (Wildman–Crippen MR) is 74.2 cm³/mol. The van der Waals surface area contributed by atoms with Crippen molar-refractivity contribution in [3.05, 3.63) is 29.8 Å². The highest BCUT2D eigenvalue weighted by Crippen LogP contribution is 2.25. The molecule has 0 spiro atoms. The topological polar surface area (TPSA) is 140 Å². The van der Waals surface area contributed by atoms with Crippen LogP contribution in [0.1, 0.15) is 19.4 Å². The Labute approximate surface area is 110 Å². The number of carboxylic acid groups (broad SMARTS) is 1. The number of guanidine groups is 2. The molecule has 7 N–H and O–H groups in total. The van der Waals surface area contributed by atoms with Gasteiger partial charge in [-0.05, 0) is 31.5 Å². The maximum atomic E-state index is 11.1. The van der Waals surface area contributed by atoms with Gasteiger partial charge >= 0.3 is 5.97 Å². The number of carboxylic acids is 1. The van der Waals surface area contributed by atoms with Gasteiger partial charge in [0, 0.05) is 0 Å². The zero-order valence-corrected chi connectivity index (χ0v) is 10.8. The summed E-state index contributed by atoms with van der Waals surface area (Å²) in [6.07, 6.45) is 0. The molecular weight excluding hydrogens is 246 g/mol. The highest BCUT2D eigenvalue weighted by Gasteiger charge is 2.29. The van der Waals surface area contributed by atoms with Crippen LogP contribution in [0.3, 0.4) is 0 Å². The van der Waals surface area contributed by atoms with Gasteiger partial charge in [0.05, 0.1) is 11.1 Å². The molecule has 0 heterocycles. The quantitative estimate of drug-likeness (QED) is 0.457. The van der Waals surface area contributed by atoms with E-state index < -0.39 is 11.4 Å². The van der Waals surface area contributed by atoms with Crippen LogP contribution in [0.25, 0.3) is 0 Å². The standard InChI is InChI=1S/C12H17N5O2/c1-12(2,9(18)19)7-3-5-8(6-4-7)16-11(15)17-10(13)14/h3-6H,1-2H3,(H,18,19)(H6,13,14,15,16,17). The SMILES string of the molecule is CC(C)(C(=O)O)c1ccc(N=C(N)N=C(N)N)cc1. The minimum Gasteiger partial charge on any atom is -0.481 e. The normalized spacial score (nSPS) is 12.0. The van der Waals surface area contributed by atoms with Crippen LogP contribution in [0.2, 0.25) is 0 Å². The van der Waals surface area contributed by atoms with Gasteiger partial charge in [0.1, 0.15) is 0 Å². The van der Waals surface area contributed by atoms with Crippen molar-refractivity contribution in [3.63, 3.8) is 0 Å². The molecular formula is C12H17N5O2. The highest BCUT2D eigenvalue weighted by atomic mass is 16.4. The molecule has 0 saturated carbocycles. The van der Waals surface area contributed by atoms with Gasteiger partial charge in [0.15, 0.2) is 5.96 Å². The van der Waals surface area contributed by atoms with E-state index in [0.29, 0.717) is 11.3 Å². The molecule has 0 aliphatic rings. The van der Waals surface area contributed by atoms with Crippen LogP contribution in [0.5, 0.6) is 0 Å². The summed E-state index contributed by atoms with van der Waals surface area (Å²) in [5.74, 6) is -1.14. The lowest BCUT2D eigenvalue weighted by Crippen LogP contribution is -2.28. The van der Waals surface area contributed by atoms with Crippen LogP contribution in [0.4, 0.5) is 5.69 Å². The summed E-state index contributed by atoms with van der Waals surface area (Å²) in [6, 6.07) is 6.65. The first-order valence-electron chi connectivity index (χ1n) is 5.51. The van der Waals surface area contributed by atoms with E-state index in [9.17, 15) is 4.79 Å². The first kappa shape index (κ1) is 14.5. The van der Waals surface area contributed by atoms with Crippen molar-refractivity contribution in [2.24, 2.45) is 27.2 Å². The zero-order valence-electron chi connectivity index (χ0n) is 10.8. The highest BCUT2D eigenvalue weighted by molar-refractivity contribution is 5.93. The number of hydrogen-bond acceptors (Lipinski definition) is 2. The van der Waals surface area contributed by atoms with Crippen molar-refractivity contribution >= 4 is 23.6 Å². The second kappa shape index (κ2) is 5.38. The van der Waals surface area contributed by atoms with Crippen molar-refractivity contribution in [1.29, 1.82) is 0 Å². The number of aliphatic imine (C=N–C) groups is 2. The molecule has 102 valence electrons. The number of rotatable bonds is 3. The average molecular weight is 263 g/mol. The Morgan fingerprint density at radius 1 is 1.16 bits per heavy atom. The van der Waals surface area contributed by atoms with E-state index >= 15 is 0 Å². The molecule has 7 nitrogen and oxygen atoms in total. The largest absolute Gasteiger partial charge is 0.481 e. The first-order chi connectivity index (χ1) is 8.73. The summed E-state index contributed by atoms with van der Waals surface area (Å²) in [6.45, 7) is 3.25. The summed E-state index contributed by atoms with van der Waals surface area (Å²) in [5, 5.41) is 9.12. The molecule has 0 bridgehead atoms. The van der Waals surface area contributed by atoms with Crippen molar-refractivity contribution in [1.82, 2.24) is 0 Å². The second-order valence-electron chi connectivity index (χ2n) is 4.48. The van der Waals surface area contributed by atoms with Crippen LogP contribution in [-0.4, -0.2) is 23.0 Å². The fourth-order valence-corrected chi connectivity index (χ4v) is 1.37. The van der Waals surface area contributed by atoms with E-state index in [1.165, 1.54) is 0 Å². The van der Waals surface area contributed by atoms with Crippen molar-refractivity contribution in [3.8, 4) is 0 Å². The Balaban J connectivity index is 3.01. The Morgan fingerprint density at radius 2 is 1.68 bits per heavy atom. The fourth-order valence-electron chi connectivity index (χ4n) is 1.37. The lowest BCUT2D eigenvalue weighted by molar-refractivity contribution is -0.142. The number of nitrogens with zero attached hydrogens (tertiary/aromatic N) is 2. The third-order valence-corrected chi connectivity index (χ3v) is 2.61. The monoisotopic (exact) mass is 263 g/mol. The molecule has 1 rings (SSSR count). The van der Waals surface area contributed by atoms with Gasteiger partial charge in [0.25, 0.3) is 0 Å². The number of carbonyl (C=O) groups is 1. The molecule has 0 aromatic heterocycles. The maximum Gasteiger partial charge on any atom is 0.313 e. The van der Waals surface area contributed by atoms with E-state index in [2.05, 4.69) is 9.98 Å². The molecule has 0 radical (unpaired) electrons. The number of aliphatic carboxylic acids is 1. The lowest BCUT2D eigenvalue weighted by atomic mass is 9.85. The van der Waals surface area contributed by atoms with Gasteiger partial charge in [-0.1, -0.05) is 12.1 Å². The third-order valence-electron chi connectivity index (χ3n) is 2.61. The molecule has 0 saturated heterocycles. The Bertz CT molecular complexity index is 528. The smallest absolute Gasteiger partial charge is 0.313 e. The van der Waals surface area contributed by atoms with Gasteiger partial charge < -0.3 is 22.3 Å². The van der Waals surface area contributed by atoms with Gasteiger partial charge in [-0.25, -0.2) is 4.99 Å². The zero-order chi connectivity index (χ0) is 14.6. The Hall–Kier alpha value is -2.57. The van der Waals surface area contributed by atoms with Crippen LogP contribution in [0.15, 0.2) is 34.3 Å². The van der Waals surface area contributed by atoms with Gasteiger partial charge in [0.2, 0.25) is 5.96 Å². The third kappa shape index (κ3) is 3.70. The molecule has 0 aliphatic carbocycles. The molecule has 7 heteroatoms. The summed E-state index contributed by atoms with van der Waals surface area (Å²) < 4.78 is 0. The number of nitrogens with two attached hydrogens (primary N) is 3. The Morgan fingerprint density at radius 3 is 2.11 bits per heavy atom. The van der Waals surface area contributed by atoms with E-state index in [1.807, 2.05) is 0 Å². The van der Waals surface area contributed by atoms with Crippen LogP contribution >= 0.6 is 0 Å². The minimum atomic E-state index is -0.965. The Kier molecular flexibility index (Phi) is 4.11. The molecule has 19 heavy (non-hydrogen) atoms. The average Bonchev–Trinajstić information content (AvgIpc) is 2.28. The molecule has 0 unspecified atom stereocenters. The van der Waals surface area contributed by atoms with Gasteiger partial charge in [-0.3, -0.25) is 4.79 Å². The lowest BCUT2D eigenvalue weighted by Gasteiger charge is -2.19. The molecule has 1 aromatic rings. The van der Waals surface area contributed by atoms with Gasteiger partial charge in [-0.2, -0.15) is 4.99 Å². The molecule has 1 aromatic carbocycles. The molecule has 0 amide bonds. The first-order valence-corrected chi connectivity index (χ1v) is 5.51. The van der Waals surface area contributed by atoms with E-state index in [1.54, 1.807) is 38.1 Å². The fraction of sp³-hybridized carbons (Fsp3) is 0.250.